The van der Waals surface area contributed by atoms with Crippen molar-refractivity contribution in [3.05, 3.63) is 72.6 Å². The first-order valence-corrected chi connectivity index (χ1v) is 12.9. The van der Waals surface area contributed by atoms with E-state index in [2.05, 4.69) is 15.9 Å². The third-order valence-corrected chi connectivity index (χ3v) is 7.36. The van der Waals surface area contributed by atoms with E-state index in [1.54, 1.807) is 19.2 Å². The molecule has 13 heteroatoms. The molecule has 0 spiro atoms. The Kier molecular flexibility index (Phi) is 11.2. The molecule has 2 aromatic rings. The van der Waals surface area contributed by atoms with E-state index in [4.69, 9.17) is 34.8 Å². The number of ketones is 1. The summed E-state index contributed by atoms with van der Waals surface area (Å²) in [5, 5.41) is 1.47. The first kappa shape index (κ1) is 32.5. The second-order valence-corrected chi connectivity index (χ2v) is 10.8. The third-order valence-electron chi connectivity index (χ3n) is 5.50. The second-order valence-electron chi connectivity index (χ2n) is 8.73. The Morgan fingerprint density at radius 3 is 2.05 bits per heavy atom. The van der Waals surface area contributed by atoms with Crippen LogP contribution in [0.25, 0.3) is 6.08 Å². The number of carbonyl (C=O) groups excluding carboxylic acids is 2. The molecule has 0 saturated carbocycles. The van der Waals surface area contributed by atoms with Gasteiger partial charge in [0.2, 0.25) is 5.91 Å². The van der Waals surface area contributed by atoms with Crippen LogP contribution in [0.5, 0.6) is 0 Å². The van der Waals surface area contributed by atoms with Gasteiger partial charge in [-0.25, -0.2) is 0 Å². The fourth-order valence-corrected chi connectivity index (χ4v) is 4.72. The first-order chi connectivity index (χ1) is 17.4. The third kappa shape index (κ3) is 9.17. The van der Waals surface area contributed by atoms with Gasteiger partial charge in [-0.3, -0.25) is 9.59 Å². The van der Waals surface area contributed by atoms with Gasteiger partial charge >= 0.3 is 12.4 Å². The highest BCUT2D eigenvalue weighted by Gasteiger charge is 2.39. The van der Waals surface area contributed by atoms with Crippen LogP contribution in [0, 0.1) is 11.8 Å². The number of hydrogen-bond donors (Lipinski definition) is 1. The minimum absolute atomic E-state index is 0.0660. The summed E-state index contributed by atoms with van der Waals surface area (Å²) in [6, 6.07) is 6.32. The van der Waals surface area contributed by atoms with E-state index >= 15 is 0 Å². The van der Waals surface area contributed by atoms with E-state index < -0.39 is 48.3 Å². The number of hydrogen-bond acceptors (Lipinski definition) is 2. The molecule has 0 aliphatic carbocycles. The Morgan fingerprint density at radius 1 is 1.00 bits per heavy atom. The van der Waals surface area contributed by atoms with Crippen molar-refractivity contribution in [2.75, 3.05) is 6.54 Å². The first-order valence-electron chi connectivity index (χ1n) is 11.0. The van der Waals surface area contributed by atoms with E-state index in [-0.39, 0.29) is 37.1 Å². The van der Waals surface area contributed by atoms with E-state index in [1.165, 1.54) is 24.3 Å². The zero-order chi connectivity index (χ0) is 29.0. The summed E-state index contributed by atoms with van der Waals surface area (Å²) in [6.07, 6.45) is -7.52. The number of Topliss-reactive ketones (excluding diaryl/α,β-unsaturated/α-hetero) is 1. The van der Waals surface area contributed by atoms with E-state index in [9.17, 15) is 35.9 Å². The van der Waals surface area contributed by atoms with Crippen molar-refractivity contribution in [3.63, 3.8) is 0 Å². The number of rotatable bonds is 9. The van der Waals surface area contributed by atoms with Crippen molar-refractivity contribution in [2.24, 2.45) is 11.8 Å². The van der Waals surface area contributed by atoms with Crippen LogP contribution in [0.3, 0.4) is 0 Å². The second kappa shape index (κ2) is 13.1. The molecule has 2 rings (SSSR count). The molecule has 0 bridgehead atoms. The summed E-state index contributed by atoms with van der Waals surface area (Å²) < 4.78 is 78.9. The predicted molar refractivity (Wildman–Crippen MR) is 140 cm³/mol. The van der Waals surface area contributed by atoms with Crippen molar-refractivity contribution in [1.82, 2.24) is 5.32 Å². The fourth-order valence-electron chi connectivity index (χ4n) is 3.49. The van der Waals surface area contributed by atoms with Crippen molar-refractivity contribution in [1.29, 1.82) is 0 Å². The molecule has 208 valence electrons. The Balaban J connectivity index is 2.25. The molecule has 0 aromatic heterocycles. The lowest BCUT2D eigenvalue weighted by Crippen LogP contribution is -2.40. The smallest absolute Gasteiger partial charge is 0.347 e. The lowest BCUT2D eigenvalue weighted by Gasteiger charge is -2.20. The summed E-state index contributed by atoms with van der Waals surface area (Å²) in [5.41, 5.74) is 0.222. The normalized spacial score (nSPS) is 14.1. The molecular weight excluding hydrogens is 647 g/mol. The van der Waals surface area contributed by atoms with Crippen LogP contribution in [0.2, 0.25) is 15.1 Å². The molecule has 2 aromatic carbocycles. The molecule has 1 unspecified atom stereocenters. The number of halogens is 10. The average Bonchev–Trinajstić information content (AvgIpc) is 2.77. The maximum atomic E-state index is 13.8. The SMILES string of the molecule is CC(C)[C@@H](CC(=O)c1ccc(/C=C/C(c2cc(Cl)c(Cl)c(Cl)c2)C(F)(F)F)cc1Br)C(=O)NCC(F)(F)F. The molecule has 3 nitrogen and oxygen atoms in total. The molecule has 1 N–H and O–H groups in total. The molecule has 0 saturated heterocycles. The van der Waals surface area contributed by atoms with E-state index in [1.807, 2.05) is 0 Å². The topological polar surface area (TPSA) is 46.2 Å². The van der Waals surface area contributed by atoms with Crippen LogP contribution >= 0.6 is 50.7 Å². The molecule has 0 radical (unpaired) electrons. The Hall–Kier alpha value is -1.75. The summed E-state index contributed by atoms with van der Waals surface area (Å²) >= 11 is 20.8. The standard InChI is InChI=1S/C25H21BrCl3F6NO2/c1-12(2)16(23(38)36-11-24(30,31)32)10-21(37)15-5-3-13(7-18(15)26)4-6-17(25(33,34)35)14-8-19(27)22(29)20(28)9-14/h3-9,12,16-17H,10-11H2,1-2H3,(H,36,38)/b6-4+/t16-,17?/m1/s1. The monoisotopic (exact) mass is 665 g/mol. The van der Waals surface area contributed by atoms with Gasteiger partial charge in [0.05, 0.1) is 21.0 Å². The molecule has 38 heavy (non-hydrogen) atoms. The molecule has 0 aliphatic rings. The Morgan fingerprint density at radius 2 is 1.58 bits per heavy atom. The molecule has 2 atom stereocenters. The minimum atomic E-state index is -4.68. The molecular formula is C25H21BrCl3F6NO2. The van der Waals surface area contributed by atoms with Crippen LogP contribution in [0.15, 0.2) is 40.9 Å². The highest BCUT2D eigenvalue weighted by molar-refractivity contribution is 9.10. The zero-order valence-corrected chi connectivity index (χ0v) is 23.6. The summed E-state index contributed by atoms with van der Waals surface area (Å²) in [6.45, 7) is 1.69. The van der Waals surface area contributed by atoms with Gasteiger partial charge in [0.15, 0.2) is 5.78 Å². The number of allylic oxidation sites excluding steroid dienone is 1. The Bertz CT molecular complexity index is 1190. The number of alkyl halides is 6. The molecule has 0 fully saturated rings. The largest absolute Gasteiger partial charge is 0.405 e. The van der Waals surface area contributed by atoms with Gasteiger partial charge in [-0.2, -0.15) is 26.3 Å². The minimum Gasteiger partial charge on any atom is -0.347 e. The average molecular weight is 668 g/mol. The highest BCUT2D eigenvalue weighted by atomic mass is 79.9. The van der Waals surface area contributed by atoms with Crippen LogP contribution in [-0.2, 0) is 4.79 Å². The van der Waals surface area contributed by atoms with Gasteiger partial charge in [0, 0.05) is 22.4 Å². The molecule has 0 aliphatic heterocycles. The van der Waals surface area contributed by atoms with Crippen LogP contribution in [-0.4, -0.2) is 30.6 Å². The maximum absolute atomic E-state index is 13.8. The van der Waals surface area contributed by atoms with Gasteiger partial charge in [0.1, 0.15) is 6.54 Å². The van der Waals surface area contributed by atoms with Gasteiger partial charge in [-0.05, 0) is 41.3 Å². The van der Waals surface area contributed by atoms with Crippen molar-refractivity contribution in [2.45, 2.75) is 38.5 Å². The molecule has 1 amide bonds. The van der Waals surface area contributed by atoms with Gasteiger partial charge < -0.3 is 5.32 Å². The highest BCUT2D eigenvalue weighted by Crippen LogP contribution is 2.41. The lowest BCUT2D eigenvalue weighted by atomic mass is 9.88. The summed E-state index contributed by atoms with van der Waals surface area (Å²) in [4.78, 5) is 25.1. The van der Waals surface area contributed by atoms with Crippen molar-refractivity contribution < 1.29 is 35.9 Å². The summed E-state index contributed by atoms with van der Waals surface area (Å²) in [7, 11) is 0. The summed E-state index contributed by atoms with van der Waals surface area (Å²) in [5.74, 6) is -4.92. The van der Waals surface area contributed by atoms with E-state index in [0.717, 1.165) is 18.2 Å². The predicted octanol–water partition coefficient (Wildman–Crippen LogP) is 9.29. The van der Waals surface area contributed by atoms with Gasteiger partial charge in [-0.15, -0.1) is 0 Å². The molecule has 0 heterocycles. The number of carbonyl (C=O) groups is 2. The van der Waals surface area contributed by atoms with Gasteiger partial charge in [-0.1, -0.05) is 82.8 Å². The number of benzene rings is 2. The quantitative estimate of drug-likeness (QED) is 0.165. The maximum Gasteiger partial charge on any atom is 0.405 e. The van der Waals surface area contributed by atoms with Crippen molar-refractivity contribution >= 4 is 68.5 Å². The lowest BCUT2D eigenvalue weighted by molar-refractivity contribution is -0.141. The number of amides is 1. The van der Waals surface area contributed by atoms with Gasteiger partial charge in [0.25, 0.3) is 0 Å². The van der Waals surface area contributed by atoms with E-state index in [0.29, 0.717) is 5.56 Å². The number of nitrogens with one attached hydrogen (secondary N) is 1. The zero-order valence-electron chi connectivity index (χ0n) is 19.8. The Labute approximate surface area is 238 Å². The van der Waals surface area contributed by atoms with Crippen LogP contribution < -0.4 is 5.32 Å². The van der Waals surface area contributed by atoms with Crippen LogP contribution in [0.4, 0.5) is 26.3 Å². The van der Waals surface area contributed by atoms with Crippen LogP contribution in [0.1, 0.15) is 47.7 Å². The van der Waals surface area contributed by atoms with Crippen molar-refractivity contribution in [3.8, 4) is 0 Å². The fraction of sp³-hybridized carbons (Fsp3) is 0.360.